The summed E-state index contributed by atoms with van der Waals surface area (Å²) in [6.07, 6.45) is 1.81. The van der Waals surface area contributed by atoms with Gasteiger partial charge in [-0.05, 0) is 124 Å². The van der Waals surface area contributed by atoms with Gasteiger partial charge in [-0.2, -0.15) is 0 Å². The van der Waals surface area contributed by atoms with E-state index in [4.69, 9.17) is 14.4 Å². The third-order valence-electron chi connectivity index (χ3n) is 11.1. The van der Waals surface area contributed by atoms with Crippen molar-refractivity contribution in [2.24, 2.45) is 0 Å². The van der Waals surface area contributed by atoms with E-state index in [0.29, 0.717) is 11.5 Å². The van der Waals surface area contributed by atoms with Crippen molar-refractivity contribution >= 4 is 56.1 Å². The van der Waals surface area contributed by atoms with Gasteiger partial charge in [0.05, 0.1) is 5.52 Å². The van der Waals surface area contributed by atoms with Gasteiger partial charge in [-0.15, -0.1) is 0 Å². The molecule has 0 spiro atoms. The van der Waals surface area contributed by atoms with Crippen LogP contribution in [0.5, 0.6) is 0 Å². The van der Waals surface area contributed by atoms with Crippen LogP contribution in [0.25, 0.3) is 44.6 Å². The maximum absolute atomic E-state index is 6.64. The van der Waals surface area contributed by atoms with E-state index in [-0.39, 0.29) is 10.8 Å². The Kier molecular flexibility index (Phi) is 9.60. The molecule has 0 radical (unpaired) electrons. The fraction of sp³-hybridized carbons (Fsp3) is 0.148. The van der Waals surface area contributed by atoms with Crippen molar-refractivity contribution in [1.82, 2.24) is 9.97 Å². The van der Waals surface area contributed by atoms with Crippen LogP contribution in [-0.4, -0.2) is 9.97 Å². The fourth-order valence-corrected chi connectivity index (χ4v) is 7.80. The van der Waals surface area contributed by atoms with Crippen molar-refractivity contribution < 1.29 is 4.42 Å². The van der Waals surface area contributed by atoms with Gasteiger partial charge in [0, 0.05) is 51.3 Å². The van der Waals surface area contributed by atoms with Crippen LogP contribution in [0.4, 0.5) is 34.1 Å². The maximum atomic E-state index is 6.64. The summed E-state index contributed by atoms with van der Waals surface area (Å²) >= 11 is 0. The zero-order valence-corrected chi connectivity index (χ0v) is 34.5. The van der Waals surface area contributed by atoms with Gasteiger partial charge in [-0.1, -0.05) is 126 Å². The highest BCUT2D eigenvalue weighted by Gasteiger charge is 2.22. The zero-order valence-electron chi connectivity index (χ0n) is 34.5. The van der Waals surface area contributed by atoms with E-state index in [0.717, 1.165) is 67.2 Å². The minimum Gasteiger partial charge on any atom is -0.436 e. The summed E-state index contributed by atoms with van der Waals surface area (Å²) in [5, 5.41) is 1.02. The number of oxazole rings is 1. The lowest BCUT2D eigenvalue weighted by Gasteiger charge is -2.28. The number of hydrogen-bond donors (Lipinski definition) is 0. The van der Waals surface area contributed by atoms with E-state index in [2.05, 4.69) is 197 Å². The van der Waals surface area contributed by atoms with Crippen molar-refractivity contribution in [2.75, 3.05) is 9.80 Å². The molecule has 59 heavy (non-hydrogen) atoms. The monoisotopic (exact) mass is 768 g/mol. The molecule has 7 aromatic carbocycles. The Morgan fingerprint density at radius 1 is 0.424 bits per heavy atom. The molecule has 2 aromatic heterocycles. The average molecular weight is 769 g/mol. The molecule has 0 aliphatic rings. The second-order valence-corrected chi connectivity index (χ2v) is 17.2. The first-order valence-corrected chi connectivity index (χ1v) is 20.3. The number of rotatable bonds is 8. The third-order valence-corrected chi connectivity index (χ3v) is 11.1. The molecule has 0 saturated heterocycles. The Balaban J connectivity index is 1.18. The van der Waals surface area contributed by atoms with E-state index in [1.807, 2.05) is 36.5 Å². The summed E-state index contributed by atoms with van der Waals surface area (Å²) in [6.45, 7) is 13.5. The van der Waals surface area contributed by atoms with Crippen molar-refractivity contribution in [2.45, 2.75) is 52.4 Å². The van der Waals surface area contributed by atoms with E-state index in [9.17, 15) is 0 Å². The first-order valence-electron chi connectivity index (χ1n) is 20.3. The Bertz CT molecular complexity index is 2770. The molecule has 9 aromatic rings. The topological polar surface area (TPSA) is 45.4 Å². The lowest BCUT2D eigenvalue weighted by molar-refractivity contribution is 0.590. The van der Waals surface area contributed by atoms with Gasteiger partial charge in [0.2, 0.25) is 5.89 Å². The van der Waals surface area contributed by atoms with Crippen LogP contribution in [0.2, 0.25) is 0 Å². The number of nitrogens with zero attached hydrogens (tertiary/aromatic N) is 4. The Morgan fingerprint density at radius 2 is 0.915 bits per heavy atom. The Morgan fingerprint density at radius 3 is 1.46 bits per heavy atom. The first-order chi connectivity index (χ1) is 28.5. The van der Waals surface area contributed by atoms with Crippen molar-refractivity contribution in [3.05, 3.63) is 193 Å². The molecule has 5 heteroatoms. The molecule has 0 N–H and O–H groups in total. The third kappa shape index (κ3) is 7.48. The second kappa shape index (κ2) is 15.1. The van der Waals surface area contributed by atoms with Gasteiger partial charge in [-0.3, -0.25) is 4.98 Å². The molecule has 9 rings (SSSR count). The molecule has 0 atom stereocenters. The largest absolute Gasteiger partial charge is 0.436 e. The predicted octanol–water partition coefficient (Wildman–Crippen LogP) is 15.2. The van der Waals surface area contributed by atoms with Crippen molar-refractivity contribution in [3.63, 3.8) is 0 Å². The van der Waals surface area contributed by atoms with Crippen LogP contribution < -0.4 is 9.80 Å². The maximum Gasteiger partial charge on any atom is 0.228 e. The molecule has 0 bridgehead atoms. The lowest BCUT2D eigenvalue weighted by Crippen LogP contribution is -2.14. The molecule has 2 heterocycles. The normalized spacial score (nSPS) is 11.9. The van der Waals surface area contributed by atoms with Crippen LogP contribution in [0.15, 0.2) is 187 Å². The molecule has 0 unspecified atom stereocenters. The minimum absolute atomic E-state index is 0.0597. The van der Waals surface area contributed by atoms with Crippen LogP contribution in [0.3, 0.4) is 0 Å². The summed E-state index contributed by atoms with van der Waals surface area (Å²) in [7, 11) is 0. The van der Waals surface area contributed by atoms with Gasteiger partial charge >= 0.3 is 0 Å². The molecular formula is C54H48N4O. The van der Waals surface area contributed by atoms with E-state index < -0.39 is 0 Å². The standard InChI is InChI=1S/C54H48N4O/c1-53(2,3)39-22-28-44(29-23-39)57(45-30-24-40(25-31-45)54(4,5)6)43-26-19-37(20-27-43)47-33-32-46(58(41-15-9-7-10-16-41)42-17-11-8-12-18-42)36-48(47)52-56-51-49(59-52)34-21-38-14-13-35-55-50(38)51/h7-36H,1-6H3. The molecule has 290 valence electrons. The van der Waals surface area contributed by atoms with Crippen molar-refractivity contribution in [3.8, 4) is 22.6 Å². The molecule has 0 amide bonds. The quantitative estimate of drug-likeness (QED) is 0.154. The number of fused-ring (bicyclic) bond motifs is 3. The van der Waals surface area contributed by atoms with Gasteiger partial charge in [0.1, 0.15) is 5.52 Å². The van der Waals surface area contributed by atoms with Crippen LogP contribution in [-0.2, 0) is 10.8 Å². The number of anilines is 6. The van der Waals surface area contributed by atoms with Gasteiger partial charge in [0.25, 0.3) is 0 Å². The molecular weight excluding hydrogens is 721 g/mol. The molecule has 0 aliphatic carbocycles. The SMILES string of the molecule is CC(C)(C)c1ccc(N(c2ccc(-c3ccc(N(c4ccccc4)c4ccccc4)cc3-c3nc4c(ccc5cccnc54)o3)cc2)c2ccc(C(C)(C)C)cc2)cc1. The van der Waals surface area contributed by atoms with Crippen LogP contribution >= 0.6 is 0 Å². The highest BCUT2D eigenvalue weighted by molar-refractivity contribution is 6.02. The number of hydrogen-bond acceptors (Lipinski definition) is 5. The van der Waals surface area contributed by atoms with Crippen LogP contribution in [0.1, 0.15) is 52.7 Å². The number of aromatic nitrogens is 2. The first kappa shape index (κ1) is 37.6. The Hall–Kier alpha value is -6.98. The fourth-order valence-electron chi connectivity index (χ4n) is 7.80. The van der Waals surface area contributed by atoms with Gasteiger partial charge in [-0.25, -0.2) is 4.98 Å². The lowest BCUT2D eigenvalue weighted by atomic mass is 9.86. The average Bonchev–Trinajstić information content (AvgIpc) is 3.70. The van der Waals surface area contributed by atoms with E-state index >= 15 is 0 Å². The number of para-hydroxylation sites is 2. The predicted molar refractivity (Wildman–Crippen MR) is 247 cm³/mol. The summed E-state index contributed by atoms with van der Waals surface area (Å²) in [4.78, 5) is 14.5. The highest BCUT2D eigenvalue weighted by Crippen LogP contribution is 2.43. The van der Waals surface area contributed by atoms with Gasteiger partial charge in [0.15, 0.2) is 5.58 Å². The highest BCUT2D eigenvalue weighted by atomic mass is 16.3. The molecule has 0 fully saturated rings. The molecule has 0 saturated carbocycles. The van der Waals surface area contributed by atoms with Crippen molar-refractivity contribution in [1.29, 1.82) is 0 Å². The summed E-state index contributed by atoms with van der Waals surface area (Å²) < 4.78 is 6.64. The van der Waals surface area contributed by atoms with E-state index in [1.54, 1.807) is 0 Å². The molecule has 5 nitrogen and oxygen atoms in total. The zero-order chi connectivity index (χ0) is 40.7. The summed E-state index contributed by atoms with van der Waals surface area (Å²) in [6, 6.07) is 62.3. The van der Waals surface area contributed by atoms with Gasteiger partial charge < -0.3 is 14.2 Å². The summed E-state index contributed by atoms with van der Waals surface area (Å²) in [5.74, 6) is 0.541. The summed E-state index contributed by atoms with van der Waals surface area (Å²) in [5.41, 5.74) is 14.3. The smallest absolute Gasteiger partial charge is 0.228 e. The Labute approximate surface area is 347 Å². The number of pyridine rings is 1. The number of benzene rings is 7. The van der Waals surface area contributed by atoms with E-state index in [1.165, 1.54) is 11.1 Å². The second-order valence-electron chi connectivity index (χ2n) is 17.2. The minimum atomic E-state index is 0.0597. The van der Waals surface area contributed by atoms with Crippen LogP contribution in [0, 0.1) is 0 Å². The molecule has 0 aliphatic heterocycles.